The Morgan fingerprint density at radius 2 is 2.11 bits per heavy atom. The highest BCUT2D eigenvalue weighted by molar-refractivity contribution is 5.88. The lowest BCUT2D eigenvalue weighted by Gasteiger charge is -2.22. The molecule has 3 atom stereocenters. The number of amides is 2. The van der Waals surface area contributed by atoms with Crippen molar-refractivity contribution in [1.82, 2.24) is 10.2 Å². The van der Waals surface area contributed by atoms with Crippen LogP contribution in [0.2, 0.25) is 0 Å². The lowest BCUT2D eigenvalue weighted by molar-refractivity contribution is -0.117. The van der Waals surface area contributed by atoms with E-state index < -0.39 is 0 Å². The number of aliphatic hydroxyl groups is 1. The number of carbonyl (C=O) groups excluding carboxylic acids is 2. The third-order valence-corrected chi connectivity index (χ3v) is 4.16. The second-order valence-corrected chi connectivity index (χ2v) is 5.70. The van der Waals surface area contributed by atoms with Crippen molar-refractivity contribution in [1.29, 1.82) is 0 Å². The van der Waals surface area contributed by atoms with Crippen molar-refractivity contribution in [3.05, 3.63) is 0 Å². The molecule has 2 N–H and O–H groups in total. The first kappa shape index (κ1) is 14.3. The Morgan fingerprint density at radius 1 is 1.32 bits per heavy atom. The number of hydrogen-bond donors (Lipinski definition) is 2. The third-order valence-electron chi connectivity index (χ3n) is 4.16. The first-order valence-electron chi connectivity index (χ1n) is 7.38. The van der Waals surface area contributed by atoms with E-state index in [0.29, 0.717) is 25.8 Å². The number of carbonyl (C=O) groups is 2. The molecule has 19 heavy (non-hydrogen) atoms. The van der Waals surface area contributed by atoms with Gasteiger partial charge in [0.1, 0.15) is 5.78 Å². The van der Waals surface area contributed by atoms with E-state index in [-0.39, 0.29) is 30.0 Å². The van der Waals surface area contributed by atoms with E-state index in [0.717, 1.165) is 25.7 Å². The molecule has 0 aromatic carbocycles. The van der Waals surface area contributed by atoms with E-state index >= 15 is 0 Å². The number of nitrogens with one attached hydrogen (secondary N) is 1. The minimum atomic E-state index is -0.337. The van der Waals surface area contributed by atoms with Gasteiger partial charge in [0, 0.05) is 19.4 Å². The zero-order valence-electron chi connectivity index (χ0n) is 11.6. The van der Waals surface area contributed by atoms with Gasteiger partial charge < -0.3 is 15.3 Å². The zero-order chi connectivity index (χ0) is 13.8. The number of nitrogens with zero attached hydrogens (tertiary/aromatic N) is 1. The first-order chi connectivity index (χ1) is 9.11. The molecule has 0 radical (unpaired) electrons. The molecule has 2 amide bonds. The predicted octanol–water partition coefficient (Wildman–Crippen LogP) is 1.44. The minimum Gasteiger partial charge on any atom is -0.393 e. The molecule has 5 heteroatoms. The standard InChI is InChI=1S/C14H24N2O3/c1-2-3-4-5-10(17)6-7-16-13-9-11(18)8-12(13)15-14(16)19/h10,12-13,17H,2-9H2,1H3,(H,15,19)/t10?,12-,13+/m0/s1. The molecule has 1 heterocycles. The summed E-state index contributed by atoms with van der Waals surface area (Å²) in [4.78, 5) is 24.9. The lowest BCUT2D eigenvalue weighted by atomic mass is 10.1. The van der Waals surface area contributed by atoms with Crippen LogP contribution in [-0.2, 0) is 4.79 Å². The molecule has 1 saturated carbocycles. The molecule has 2 fully saturated rings. The number of ketones is 1. The van der Waals surface area contributed by atoms with E-state index in [1.54, 1.807) is 4.90 Å². The van der Waals surface area contributed by atoms with Crippen LogP contribution < -0.4 is 5.32 Å². The SMILES string of the molecule is CCCCCC(O)CCN1C(=O)N[C@H]2CC(=O)C[C@H]21. The Bertz CT molecular complexity index is 346. The van der Waals surface area contributed by atoms with Gasteiger partial charge in [-0.05, 0) is 12.8 Å². The van der Waals surface area contributed by atoms with Crippen molar-refractivity contribution in [2.75, 3.05) is 6.54 Å². The van der Waals surface area contributed by atoms with Crippen molar-refractivity contribution in [3.63, 3.8) is 0 Å². The number of fused-ring (bicyclic) bond motifs is 1. The number of rotatable bonds is 7. The molecule has 1 unspecified atom stereocenters. The summed E-state index contributed by atoms with van der Waals surface area (Å²) in [5.74, 6) is 0.225. The second-order valence-electron chi connectivity index (χ2n) is 5.70. The van der Waals surface area contributed by atoms with Crippen LogP contribution in [0.3, 0.4) is 0 Å². The van der Waals surface area contributed by atoms with Gasteiger partial charge in [0.2, 0.25) is 0 Å². The fourth-order valence-corrected chi connectivity index (χ4v) is 3.04. The van der Waals surface area contributed by atoms with Crippen LogP contribution in [0.1, 0.15) is 51.9 Å². The van der Waals surface area contributed by atoms with Crippen LogP contribution in [0.25, 0.3) is 0 Å². The van der Waals surface area contributed by atoms with Crippen LogP contribution in [0.15, 0.2) is 0 Å². The van der Waals surface area contributed by atoms with Crippen molar-refractivity contribution in [2.45, 2.75) is 70.1 Å². The first-order valence-corrected chi connectivity index (χ1v) is 7.38. The number of unbranched alkanes of at least 4 members (excludes halogenated alkanes) is 2. The number of aliphatic hydroxyl groups excluding tert-OH is 1. The van der Waals surface area contributed by atoms with Crippen LogP contribution in [0, 0.1) is 0 Å². The molecule has 1 aliphatic heterocycles. The van der Waals surface area contributed by atoms with Gasteiger partial charge in [-0.15, -0.1) is 0 Å². The lowest BCUT2D eigenvalue weighted by Crippen LogP contribution is -2.36. The topological polar surface area (TPSA) is 69.6 Å². The van der Waals surface area contributed by atoms with Gasteiger partial charge in [0.25, 0.3) is 0 Å². The van der Waals surface area contributed by atoms with Gasteiger partial charge >= 0.3 is 6.03 Å². The van der Waals surface area contributed by atoms with Gasteiger partial charge in [-0.25, -0.2) is 4.79 Å². The van der Waals surface area contributed by atoms with E-state index in [4.69, 9.17) is 0 Å². The van der Waals surface area contributed by atoms with Crippen LogP contribution in [0.5, 0.6) is 0 Å². The summed E-state index contributed by atoms with van der Waals surface area (Å²) >= 11 is 0. The number of hydrogen-bond acceptors (Lipinski definition) is 3. The molecular weight excluding hydrogens is 244 g/mol. The normalized spacial score (nSPS) is 27.6. The fraction of sp³-hybridized carbons (Fsp3) is 0.857. The monoisotopic (exact) mass is 268 g/mol. The van der Waals surface area contributed by atoms with Gasteiger partial charge in [0.05, 0.1) is 18.2 Å². The molecule has 108 valence electrons. The summed E-state index contributed by atoms with van der Waals surface area (Å²) in [6.45, 7) is 2.69. The Balaban J connectivity index is 1.75. The highest BCUT2D eigenvalue weighted by atomic mass is 16.3. The number of Topliss-reactive ketones (excluding diaryl/α,β-unsaturated/α-hetero) is 1. The van der Waals surface area contributed by atoms with Gasteiger partial charge in [-0.3, -0.25) is 4.79 Å². The van der Waals surface area contributed by atoms with E-state index in [1.807, 2.05) is 0 Å². The predicted molar refractivity (Wildman–Crippen MR) is 71.8 cm³/mol. The molecule has 0 spiro atoms. The van der Waals surface area contributed by atoms with Crippen molar-refractivity contribution in [2.24, 2.45) is 0 Å². The smallest absolute Gasteiger partial charge is 0.318 e. The summed E-state index contributed by atoms with van der Waals surface area (Å²) < 4.78 is 0. The molecule has 1 saturated heterocycles. The Kier molecular flexibility index (Phi) is 4.80. The van der Waals surface area contributed by atoms with Crippen LogP contribution in [0.4, 0.5) is 4.79 Å². The summed E-state index contributed by atoms with van der Waals surface area (Å²) in [5, 5.41) is 12.7. The number of urea groups is 1. The average Bonchev–Trinajstić information content (AvgIpc) is 2.82. The van der Waals surface area contributed by atoms with Crippen molar-refractivity contribution >= 4 is 11.8 Å². The van der Waals surface area contributed by atoms with Crippen molar-refractivity contribution in [3.8, 4) is 0 Å². The molecule has 0 aromatic heterocycles. The fourth-order valence-electron chi connectivity index (χ4n) is 3.04. The largest absolute Gasteiger partial charge is 0.393 e. The van der Waals surface area contributed by atoms with Crippen molar-refractivity contribution < 1.29 is 14.7 Å². The quantitative estimate of drug-likeness (QED) is 0.686. The molecule has 1 aliphatic carbocycles. The summed E-state index contributed by atoms with van der Waals surface area (Å²) in [5.41, 5.74) is 0. The summed E-state index contributed by atoms with van der Waals surface area (Å²) in [7, 11) is 0. The highest BCUT2D eigenvalue weighted by Gasteiger charge is 2.45. The highest BCUT2D eigenvalue weighted by Crippen LogP contribution is 2.27. The summed E-state index contributed by atoms with van der Waals surface area (Å²) in [6, 6.07) is -0.0664. The van der Waals surface area contributed by atoms with E-state index in [2.05, 4.69) is 12.2 Å². The van der Waals surface area contributed by atoms with E-state index in [1.165, 1.54) is 0 Å². The zero-order valence-corrected chi connectivity index (χ0v) is 11.6. The second kappa shape index (κ2) is 6.37. The molecular formula is C14H24N2O3. The average molecular weight is 268 g/mol. The maximum atomic E-state index is 11.8. The van der Waals surface area contributed by atoms with Gasteiger partial charge in [-0.1, -0.05) is 26.2 Å². The molecule has 0 bridgehead atoms. The molecule has 0 aromatic rings. The van der Waals surface area contributed by atoms with E-state index in [9.17, 15) is 14.7 Å². The maximum absolute atomic E-state index is 11.8. The molecule has 2 aliphatic rings. The minimum absolute atomic E-state index is 0.00256. The summed E-state index contributed by atoms with van der Waals surface area (Å²) in [6.07, 6.45) is 5.32. The molecule has 2 rings (SSSR count). The molecule has 5 nitrogen and oxygen atoms in total. The van der Waals surface area contributed by atoms with Crippen LogP contribution in [-0.4, -0.2) is 46.6 Å². The van der Waals surface area contributed by atoms with Gasteiger partial charge in [0.15, 0.2) is 0 Å². The maximum Gasteiger partial charge on any atom is 0.318 e. The Hall–Kier alpha value is -1.10. The third kappa shape index (κ3) is 3.47. The van der Waals surface area contributed by atoms with Gasteiger partial charge in [-0.2, -0.15) is 0 Å². The van der Waals surface area contributed by atoms with Crippen LogP contribution >= 0.6 is 0 Å². The Labute approximate surface area is 114 Å². The Morgan fingerprint density at radius 3 is 2.84 bits per heavy atom.